The van der Waals surface area contributed by atoms with Crippen LogP contribution in [0, 0.1) is 0 Å². The van der Waals surface area contributed by atoms with Gasteiger partial charge in [0.25, 0.3) is 0 Å². The highest BCUT2D eigenvalue weighted by molar-refractivity contribution is 7.88. The molecule has 2 aliphatic carbocycles. The molecule has 3 N–H and O–H groups in total. The lowest BCUT2D eigenvalue weighted by molar-refractivity contribution is -0.0930. The molecule has 0 aromatic heterocycles. The summed E-state index contributed by atoms with van der Waals surface area (Å²) in [6.07, 6.45) is 7.34. The molecule has 1 heterocycles. The van der Waals surface area contributed by atoms with Crippen molar-refractivity contribution in [1.82, 2.24) is 4.90 Å². The van der Waals surface area contributed by atoms with Crippen LogP contribution < -0.4 is 5.14 Å². The fraction of sp³-hybridized carbons (Fsp3) is 0.538. The van der Waals surface area contributed by atoms with Gasteiger partial charge in [-0.25, -0.2) is 13.6 Å². The number of benzene rings is 2. The van der Waals surface area contributed by atoms with Crippen molar-refractivity contribution in [3.8, 4) is 0 Å². The van der Waals surface area contributed by atoms with Gasteiger partial charge >= 0.3 is 0 Å². The molecule has 1 saturated heterocycles. The van der Waals surface area contributed by atoms with Crippen molar-refractivity contribution in [2.45, 2.75) is 73.7 Å². The van der Waals surface area contributed by atoms with Crippen LogP contribution in [0.2, 0.25) is 0 Å². The summed E-state index contributed by atoms with van der Waals surface area (Å²) in [5.74, 6) is 0.361. The molecule has 5 nitrogen and oxygen atoms in total. The van der Waals surface area contributed by atoms with Crippen LogP contribution in [0.4, 0.5) is 0 Å². The number of nitrogens with two attached hydrogens (primary N) is 1. The Morgan fingerprint density at radius 2 is 1.81 bits per heavy atom. The summed E-state index contributed by atoms with van der Waals surface area (Å²) in [5.41, 5.74) is 2.91. The lowest BCUT2D eigenvalue weighted by Crippen LogP contribution is -2.58. The average Bonchev–Trinajstić information content (AvgIpc) is 2.74. The van der Waals surface area contributed by atoms with E-state index in [0.717, 1.165) is 50.8 Å². The van der Waals surface area contributed by atoms with Crippen LogP contribution in [0.3, 0.4) is 0 Å². The molecule has 172 valence electrons. The third-order valence-electron chi connectivity index (χ3n) is 8.14. The van der Waals surface area contributed by atoms with Gasteiger partial charge in [0.05, 0.1) is 11.4 Å². The van der Waals surface area contributed by atoms with Crippen LogP contribution >= 0.6 is 0 Å². The lowest BCUT2D eigenvalue weighted by Gasteiger charge is -2.54. The van der Waals surface area contributed by atoms with E-state index in [1.54, 1.807) is 0 Å². The van der Waals surface area contributed by atoms with E-state index in [0.29, 0.717) is 12.0 Å². The van der Waals surface area contributed by atoms with Crippen LogP contribution in [0.25, 0.3) is 0 Å². The fourth-order valence-corrected chi connectivity index (χ4v) is 7.22. The monoisotopic (exact) mass is 454 g/mol. The molecule has 2 unspecified atom stereocenters. The third kappa shape index (κ3) is 4.51. The number of likely N-dealkylation sites (tertiary alicyclic amines) is 1. The maximum absolute atomic E-state index is 11.6. The first-order valence-electron chi connectivity index (χ1n) is 11.9. The molecular formula is C26H34N2O3S. The van der Waals surface area contributed by atoms with Crippen LogP contribution in [0.15, 0.2) is 54.6 Å². The van der Waals surface area contributed by atoms with Crippen LogP contribution in [-0.4, -0.2) is 43.2 Å². The van der Waals surface area contributed by atoms with Crippen LogP contribution in [-0.2, 0) is 21.2 Å². The number of piperidine rings is 1. The predicted molar refractivity (Wildman–Crippen MR) is 127 cm³/mol. The molecule has 2 atom stereocenters. The Hall–Kier alpha value is -1.73. The zero-order valence-electron chi connectivity index (χ0n) is 18.6. The summed E-state index contributed by atoms with van der Waals surface area (Å²) in [7, 11) is -3.53. The first-order valence-corrected chi connectivity index (χ1v) is 13.6. The Labute approximate surface area is 191 Å². The Kier molecular flexibility index (Phi) is 5.69. The van der Waals surface area contributed by atoms with Crippen molar-refractivity contribution in [2.24, 2.45) is 5.14 Å². The summed E-state index contributed by atoms with van der Waals surface area (Å²) in [6, 6.07) is 19.1. The number of primary sulfonamides is 1. The highest BCUT2D eigenvalue weighted by atomic mass is 32.2. The summed E-state index contributed by atoms with van der Waals surface area (Å²) in [6.45, 7) is 1.75. The first-order chi connectivity index (χ1) is 15.2. The molecule has 3 fully saturated rings. The second-order valence-electron chi connectivity index (χ2n) is 10.5. The highest BCUT2D eigenvalue weighted by Gasteiger charge is 2.49. The predicted octanol–water partition coefficient (Wildman–Crippen LogP) is 3.67. The second kappa shape index (κ2) is 8.24. The molecule has 0 amide bonds. The first kappa shape index (κ1) is 22.1. The molecular weight excluding hydrogens is 420 g/mol. The second-order valence-corrected chi connectivity index (χ2v) is 12.1. The molecule has 5 rings (SSSR count). The molecule has 2 aromatic carbocycles. The van der Waals surface area contributed by atoms with Gasteiger partial charge in [-0.2, -0.15) is 0 Å². The molecule has 6 heteroatoms. The number of hydrogen-bond donors (Lipinski definition) is 2. The lowest BCUT2D eigenvalue weighted by atomic mass is 9.62. The van der Waals surface area contributed by atoms with Crippen LogP contribution in [0.5, 0.6) is 0 Å². The molecule has 0 radical (unpaired) electrons. The van der Waals surface area contributed by atoms with E-state index in [2.05, 4.69) is 41.3 Å². The van der Waals surface area contributed by atoms with E-state index in [-0.39, 0.29) is 11.2 Å². The van der Waals surface area contributed by atoms with Crippen molar-refractivity contribution in [1.29, 1.82) is 0 Å². The van der Waals surface area contributed by atoms with E-state index in [1.165, 1.54) is 24.0 Å². The fourth-order valence-electron chi connectivity index (χ4n) is 6.57. The minimum absolute atomic E-state index is 0.109. The largest absolute Gasteiger partial charge is 0.389 e. The van der Waals surface area contributed by atoms with Gasteiger partial charge in [0, 0.05) is 12.6 Å². The average molecular weight is 455 g/mol. The van der Waals surface area contributed by atoms with Gasteiger partial charge in [-0.15, -0.1) is 0 Å². The maximum atomic E-state index is 11.6. The van der Waals surface area contributed by atoms with E-state index < -0.39 is 15.6 Å². The summed E-state index contributed by atoms with van der Waals surface area (Å²) in [5, 5.41) is 16.5. The molecule has 1 aliphatic heterocycles. The van der Waals surface area contributed by atoms with Gasteiger partial charge in [-0.3, -0.25) is 4.90 Å². The van der Waals surface area contributed by atoms with Gasteiger partial charge in [0.2, 0.25) is 10.0 Å². The van der Waals surface area contributed by atoms with E-state index >= 15 is 0 Å². The number of sulfonamides is 1. The Morgan fingerprint density at radius 3 is 2.56 bits per heavy atom. The number of nitrogens with zero attached hydrogens (tertiary/aromatic N) is 1. The minimum Gasteiger partial charge on any atom is -0.389 e. The highest BCUT2D eigenvalue weighted by Crippen LogP contribution is 2.50. The van der Waals surface area contributed by atoms with Crippen molar-refractivity contribution >= 4 is 10.0 Å². The molecule has 3 aliphatic rings. The van der Waals surface area contributed by atoms with Crippen molar-refractivity contribution in [3.63, 3.8) is 0 Å². The summed E-state index contributed by atoms with van der Waals surface area (Å²) in [4.78, 5) is 2.53. The van der Waals surface area contributed by atoms with Crippen molar-refractivity contribution < 1.29 is 13.5 Å². The molecule has 2 bridgehead atoms. The van der Waals surface area contributed by atoms with E-state index in [9.17, 15) is 13.5 Å². The summed E-state index contributed by atoms with van der Waals surface area (Å²) >= 11 is 0. The minimum atomic E-state index is -3.53. The quantitative estimate of drug-likeness (QED) is 0.698. The number of β-amino-alcohol motifs (C(OH)–C–C–N with tert-alkyl or cyclic N) is 1. The smallest absolute Gasteiger partial charge is 0.213 e. The van der Waals surface area contributed by atoms with Gasteiger partial charge in [-0.1, -0.05) is 61.0 Å². The van der Waals surface area contributed by atoms with Crippen molar-refractivity contribution in [3.05, 3.63) is 71.3 Å². The normalized spacial score (nSPS) is 32.9. The van der Waals surface area contributed by atoms with E-state index in [4.69, 9.17) is 5.14 Å². The van der Waals surface area contributed by atoms with Gasteiger partial charge in [-0.05, 0) is 73.1 Å². The van der Waals surface area contributed by atoms with Gasteiger partial charge < -0.3 is 5.11 Å². The van der Waals surface area contributed by atoms with E-state index in [1.807, 2.05) is 18.2 Å². The Balaban J connectivity index is 1.26. The number of hydrogen-bond acceptors (Lipinski definition) is 4. The van der Waals surface area contributed by atoms with Crippen molar-refractivity contribution in [2.75, 3.05) is 13.1 Å². The number of fused-ring (bicyclic) bond motifs is 2. The number of aliphatic hydroxyl groups is 1. The molecule has 2 aromatic rings. The maximum Gasteiger partial charge on any atom is 0.213 e. The Bertz CT molecular complexity index is 1070. The topological polar surface area (TPSA) is 83.6 Å². The zero-order chi connectivity index (χ0) is 22.4. The SMILES string of the molecule is NS(=O)(=O)Cc1cccc(C23CCCC(C2)N(CC2(O)CC(c4ccccc4)C2)CC3)c1. The van der Waals surface area contributed by atoms with Gasteiger partial charge in [0.1, 0.15) is 0 Å². The molecule has 32 heavy (non-hydrogen) atoms. The zero-order valence-corrected chi connectivity index (χ0v) is 19.4. The third-order valence-corrected chi connectivity index (χ3v) is 8.88. The standard InChI is InChI=1S/C26H34N2O3S/c27-32(30,31)18-20-6-4-9-23(14-20)25-11-5-10-24(17-25)28(13-12-25)19-26(29)15-22(16-26)21-7-2-1-3-8-21/h1-4,6-9,14,22,24,29H,5,10-13,15-19H2,(H2,27,30,31). The Morgan fingerprint density at radius 1 is 1.03 bits per heavy atom. The summed E-state index contributed by atoms with van der Waals surface area (Å²) < 4.78 is 23.1. The van der Waals surface area contributed by atoms with Crippen LogP contribution in [0.1, 0.15) is 67.6 Å². The molecule has 2 saturated carbocycles. The number of rotatable bonds is 6. The molecule has 0 spiro atoms. The van der Waals surface area contributed by atoms with Gasteiger partial charge in [0.15, 0.2) is 0 Å².